The van der Waals surface area contributed by atoms with Gasteiger partial charge in [-0.15, -0.1) is 24.0 Å². The first-order valence-electron chi connectivity index (χ1n) is 8.06. The van der Waals surface area contributed by atoms with Crippen LogP contribution in [0.15, 0.2) is 23.2 Å². The maximum Gasteiger partial charge on any atom is 0.211 e. The maximum atomic E-state index is 11.7. The molecule has 0 radical (unpaired) electrons. The van der Waals surface area contributed by atoms with Gasteiger partial charge < -0.3 is 20.5 Å². The Morgan fingerprint density at radius 3 is 2.65 bits per heavy atom. The van der Waals surface area contributed by atoms with Crippen molar-refractivity contribution in [2.75, 3.05) is 33.6 Å². The summed E-state index contributed by atoms with van der Waals surface area (Å²) in [7, 11) is -0.0193. The van der Waals surface area contributed by atoms with Gasteiger partial charge >= 0.3 is 0 Å². The fourth-order valence-corrected chi connectivity index (χ4v) is 4.07. The molecule has 1 aromatic rings. The van der Waals surface area contributed by atoms with Crippen molar-refractivity contribution in [3.05, 3.63) is 23.8 Å². The second-order valence-corrected chi connectivity index (χ2v) is 7.88. The molecular formula is C16H27IN4O4S. The summed E-state index contributed by atoms with van der Waals surface area (Å²) in [6.45, 7) is 1.40. The molecule has 2 rings (SSSR count). The fraction of sp³-hybridized carbons (Fsp3) is 0.562. The van der Waals surface area contributed by atoms with Crippen LogP contribution in [0, 0.1) is 0 Å². The molecule has 1 saturated heterocycles. The number of nitrogens with two attached hydrogens (primary N) is 1. The number of aliphatic imine (C=N–C) groups is 1. The summed E-state index contributed by atoms with van der Waals surface area (Å²) in [5.74, 6) is 1.58. The van der Waals surface area contributed by atoms with Crippen LogP contribution in [-0.4, -0.2) is 58.3 Å². The van der Waals surface area contributed by atoms with Gasteiger partial charge in [-0.05, 0) is 30.5 Å². The zero-order valence-electron chi connectivity index (χ0n) is 15.3. The molecule has 26 heavy (non-hydrogen) atoms. The Morgan fingerprint density at radius 2 is 2.04 bits per heavy atom. The van der Waals surface area contributed by atoms with E-state index in [0.717, 1.165) is 18.4 Å². The average Bonchev–Trinajstić information content (AvgIpc) is 3.06. The van der Waals surface area contributed by atoms with Crippen molar-refractivity contribution >= 4 is 40.0 Å². The molecule has 0 aliphatic carbocycles. The van der Waals surface area contributed by atoms with E-state index in [2.05, 4.69) is 10.3 Å². The molecule has 0 aromatic heterocycles. The van der Waals surface area contributed by atoms with Gasteiger partial charge in [0.25, 0.3) is 0 Å². The lowest BCUT2D eigenvalue weighted by Gasteiger charge is -2.22. The van der Waals surface area contributed by atoms with Crippen LogP contribution < -0.4 is 20.5 Å². The number of hydrogen-bond acceptors (Lipinski definition) is 5. The number of rotatable bonds is 7. The van der Waals surface area contributed by atoms with Gasteiger partial charge in [-0.25, -0.2) is 13.4 Å². The van der Waals surface area contributed by atoms with Crippen LogP contribution >= 0.6 is 24.0 Å². The van der Waals surface area contributed by atoms with Crippen molar-refractivity contribution in [2.45, 2.75) is 25.4 Å². The minimum atomic E-state index is -3.18. The highest BCUT2D eigenvalue weighted by atomic mass is 127. The Kier molecular flexibility index (Phi) is 8.90. The number of sulfonamides is 1. The number of methoxy groups -OCH3 is 2. The number of ether oxygens (including phenoxy) is 2. The van der Waals surface area contributed by atoms with Crippen LogP contribution in [-0.2, 0) is 16.6 Å². The standard InChI is InChI=1S/C16H26N4O4S.HI/c1-23-14-7-6-12(9-15(14)24-2)10-18-16(17)19-11-13-5-4-8-20(13)25(3,21)22;/h6-7,9,13H,4-5,8,10-11H2,1-3H3,(H3,17,18,19);1H/t13-;/m1./s1. The molecule has 0 bridgehead atoms. The SMILES string of the molecule is COc1ccc(CN=C(N)NC[C@H]2CCCN2S(C)(=O)=O)cc1OC.I. The topological polar surface area (TPSA) is 106 Å². The van der Waals surface area contributed by atoms with E-state index >= 15 is 0 Å². The van der Waals surface area contributed by atoms with Crippen molar-refractivity contribution in [3.63, 3.8) is 0 Å². The monoisotopic (exact) mass is 498 g/mol. The van der Waals surface area contributed by atoms with Crippen molar-refractivity contribution in [1.29, 1.82) is 0 Å². The smallest absolute Gasteiger partial charge is 0.211 e. The third kappa shape index (κ3) is 6.16. The zero-order valence-corrected chi connectivity index (χ0v) is 18.4. The fourth-order valence-electron chi connectivity index (χ4n) is 2.88. The van der Waals surface area contributed by atoms with Gasteiger partial charge in [0.2, 0.25) is 10.0 Å². The summed E-state index contributed by atoms with van der Waals surface area (Å²) in [5, 5.41) is 3.01. The summed E-state index contributed by atoms with van der Waals surface area (Å²) in [4.78, 5) is 4.29. The molecule has 0 unspecified atom stereocenters. The minimum Gasteiger partial charge on any atom is -0.493 e. The molecule has 10 heteroatoms. The molecule has 1 heterocycles. The lowest BCUT2D eigenvalue weighted by Crippen LogP contribution is -2.44. The van der Waals surface area contributed by atoms with Gasteiger partial charge in [-0.1, -0.05) is 6.07 Å². The van der Waals surface area contributed by atoms with Crippen molar-refractivity contribution in [3.8, 4) is 11.5 Å². The number of guanidine groups is 1. The molecule has 0 saturated carbocycles. The quantitative estimate of drug-likeness (QED) is 0.332. The molecule has 1 aromatic carbocycles. The van der Waals surface area contributed by atoms with Gasteiger partial charge in [0.1, 0.15) is 0 Å². The van der Waals surface area contributed by atoms with E-state index < -0.39 is 10.0 Å². The van der Waals surface area contributed by atoms with Gasteiger partial charge in [0.05, 0.1) is 27.0 Å². The number of benzene rings is 1. The third-order valence-corrected chi connectivity index (χ3v) is 5.48. The van der Waals surface area contributed by atoms with E-state index in [1.165, 1.54) is 10.6 Å². The van der Waals surface area contributed by atoms with Crippen LogP contribution in [0.1, 0.15) is 18.4 Å². The second kappa shape index (κ2) is 10.2. The molecule has 1 aliphatic heterocycles. The summed E-state index contributed by atoms with van der Waals surface area (Å²) >= 11 is 0. The van der Waals surface area contributed by atoms with Gasteiger partial charge in [-0.3, -0.25) is 0 Å². The summed E-state index contributed by atoms with van der Waals surface area (Å²) < 4.78 is 35.4. The van der Waals surface area contributed by atoms with E-state index in [9.17, 15) is 8.42 Å². The highest BCUT2D eigenvalue weighted by Gasteiger charge is 2.31. The number of nitrogens with zero attached hydrogens (tertiary/aromatic N) is 2. The van der Waals surface area contributed by atoms with Gasteiger partial charge in [0.15, 0.2) is 17.5 Å². The van der Waals surface area contributed by atoms with Crippen LogP contribution in [0.2, 0.25) is 0 Å². The first kappa shape index (κ1) is 22.8. The Hall–Kier alpha value is -1.27. The molecule has 148 valence electrons. The third-order valence-electron chi connectivity index (χ3n) is 4.15. The Bertz CT molecular complexity index is 727. The summed E-state index contributed by atoms with van der Waals surface area (Å²) in [6, 6.07) is 5.47. The predicted molar refractivity (Wildman–Crippen MR) is 113 cm³/mol. The molecule has 0 amide bonds. The number of hydrogen-bond donors (Lipinski definition) is 2. The second-order valence-electron chi connectivity index (χ2n) is 5.94. The number of halogens is 1. The van der Waals surface area contributed by atoms with E-state index in [1.807, 2.05) is 18.2 Å². The normalized spacial score (nSPS) is 18.3. The van der Waals surface area contributed by atoms with E-state index in [-0.39, 0.29) is 36.0 Å². The van der Waals surface area contributed by atoms with E-state index in [4.69, 9.17) is 15.2 Å². The number of nitrogens with one attached hydrogen (secondary N) is 1. The lowest BCUT2D eigenvalue weighted by molar-refractivity contribution is 0.354. The van der Waals surface area contributed by atoms with Gasteiger partial charge in [0, 0.05) is 19.1 Å². The predicted octanol–water partition coefficient (Wildman–Crippen LogP) is 1.15. The van der Waals surface area contributed by atoms with Crippen LogP contribution in [0.3, 0.4) is 0 Å². The molecule has 1 fully saturated rings. The summed E-state index contributed by atoms with van der Waals surface area (Å²) in [5.41, 5.74) is 6.83. The highest BCUT2D eigenvalue weighted by molar-refractivity contribution is 14.0. The Morgan fingerprint density at radius 1 is 1.35 bits per heavy atom. The molecule has 1 aliphatic rings. The molecule has 0 spiro atoms. The largest absolute Gasteiger partial charge is 0.493 e. The summed E-state index contributed by atoms with van der Waals surface area (Å²) in [6.07, 6.45) is 2.92. The molecule has 3 N–H and O–H groups in total. The van der Waals surface area contributed by atoms with Crippen molar-refractivity contribution < 1.29 is 17.9 Å². The maximum absolute atomic E-state index is 11.7. The van der Waals surface area contributed by atoms with Crippen molar-refractivity contribution in [2.24, 2.45) is 10.7 Å². The zero-order chi connectivity index (χ0) is 18.4. The Labute approximate surface area is 172 Å². The van der Waals surface area contributed by atoms with Crippen LogP contribution in [0.25, 0.3) is 0 Å². The average molecular weight is 498 g/mol. The molecule has 1 atom stereocenters. The van der Waals surface area contributed by atoms with Crippen LogP contribution in [0.4, 0.5) is 0 Å². The highest BCUT2D eigenvalue weighted by Crippen LogP contribution is 2.27. The Balaban J connectivity index is 0.00000338. The first-order valence-corrected chi connectivity index (χ1v) is 9.91. The minimum absolute atomic E-state index is 0. The van der Waals surface area contributed by atoms with E-state index in [0.29, 0.717) is 31.1 Å². The van der Waals surface area contributed by atoms with E-state index in [1.54, 1.807) is 14.2 Å². The first-order chi connectivity index (χ1) is 11.8. The molecule has 8 nitrogen and oxygen atoms in total. The molecular weight excluding hydrogens is 471 g/mol. The van der Waals surface area contributed by atoms with Gasteiger partial charge in [-0.2, -0.15) is 4.31 Å². The lowest BCUT2D eigenvalue weighted by atomic mass is 10.2. The van der Waals surface area contributed by atoms with Crippen LogP contribution in [0.5, 0.6) is 11.5 Å². The van der Waals surface area contributed by atoms with Crippen molar-refractivity contribution in [1.82, 2.24) is 9.62 Å².